The maximum atomic E-state index is 11.9. The molecule has 0 amide bonds. The fourth-order valence-corrected chi connectivity index (χ4v) is 10.3. The van der Waals surface area contributed by atoms with Crippen LogP contribution in [0.3, 0.4) is 0 Å². The van der Waals surface area contributed by atoms with Crippen LogP contribution in [0.2, 0.25) is 0 Å². The number of aliphatic hydroxyl groups is 2. The molecule has 5 nitrogen and oxygen atoms in total. The van der Waals surface area contributed by atoms with E-state index in [-0.39, 0.29) is 46.3 Å². The number of piperidine rings is 1. The van der Waals surface area contributed by atoms with Gasteiger partial charge in [0.1, 0.15) is 6.10 Å². The molecule has 0 aromatic rings. The van der Waals surface area contributed by atoms with Crippen LogP contribution in [-0.2, 0) is 9.53 Å². The van der Waals surface area contributed by atoms with Crippen molar-refractivity contribution in [3.63, 3.8) is 0 Å². The van der Waals surface area contributed by atoms with Gasteiger partial charge in [0, 0.05) is 36.3 Å². The van der Waals surface area contributed by atoms with Crippen molar-refractivity contribution < 1.29 is 19.7 Å². The molecule has 2 spiro atoms. The number of carbonyl (C=O) groups excluding carboxylic acids is 1. The number of hydrogen-bond donors (Lipinski definition) is 2. The number of ether oxygens (including phenoxy) is 1. The van der Waals surface area contributed by atoms with Crippen LogP contribution in [0, 0.1) is 39.9 Å². The van der Waals surface area contributed by atoms with Crippen molar-refractivity contribution in [2.75, 3.05) is 13.1 Å². The summed E-state index contributed by atoms with van der Waals surface area (Å²) < 4.78 is 5.82. The van der Waals surface area contributed by atoms with Gasteiger partial charge in [-0.15, -0.1) is 0 Å². The lowest BCUT2D eigenvalue weighted by Gasteiger charge is -2.65. The first-order valence-corrected chi connectivity index (χ1v) is 11.7. The Kier molecular flexibility index (Phi) is 3.55. The summed E-state index contributed by atoms with van der Waals surface area (Å²) in [5, 5.41) is 23.2. The molecule has 5 heteroatoms. The Hall–Kier alpha value is -0.910. The zero-order valence-electron chi connectivity index (χ0n) is 17.9. The summed E-state index contributed by atoms with van der Waals surface area (Å²) in [6, 6.07) is 0.336. The van der Waals surface area contributed by atoms with Crippen LogP contribution in [0.5, 0.6) is 0 Å². The third-order valence-electron chi connectivity index (χ3n) is 10.8. The fraction of sp³-hybridized carbons (Fsp3) is 0.875. The first-order valence-electron chi connectivity index (χ1n) is 11.7. The van der Waals surface area contributed by atoms with Gasteiger partial charge in [0.25, 0.3) is 0 Å². The zero-order valence-corrected chi connectivity index (χ0v) is 17.9. The number of likely N-dealkylation sites (tertiary alicyclic amines) is 1. The second kappa shape index (κ2) is 5.46. The largest absolute Gasteiger partial charge is 0.462 e. The number of rotatable bonds is 2. The standard InChI is InChI=1S/C24H35NO4/c1-5-25-11-22(4)7-6-19(27)24-17(22)8-15(20(24)25)23-10-14(12(2)21(23)28)16(9-18(23)24)29-13(3)26/h14-21,27-28H,2,5-11H2,1,3-4H3/t14-,15+,16-,17-,18-,19+,20?,21-,22+,23+,24+/m1/s1. The van der Waals surface area contributed by atoms with E-state index in [9.17, 15) is 15.0 Å². The van der Waals surface area contributed by atoms with Crippen molar-refractivity contribution in [2.45, 2.75) is 77.2 Å². The summed E-state index contributed by atoms with van der Waals surface area (Å²) >= 11 is 0. The number of hydrogen-bond acceptors (Lipinski definition) is 5. The molecule has 1 saturated heterocycles. The predicted molar refractivity (Wildman–Crippen MR) is 108 cm³/mol. The molecule has 6 fully saturated rings. The summed E-state index contributed by atoms with van der Waals surface area (Å²) in [6.07, 6.45) is 3.63. The molecule has 5 aliphatic carbocycles. The van der Waals surface area contributed by atoms with Crippen molar-refractivity contribution >= 4 is 5.97 Å². The Morgan fingerprint density at radius 3 is 2.76 bits per heavy atom. The highest BCUT2D eigenvalue weighted by Gasteiger charge is 2.85. The third kappa shape index (κ3) is 1.81. The zero-order chi connectivity index (χ0) is 20.5. The third-order valence-corrected chi connectivity index (χ3v) is 10.8. The van der Waals surface area contributed by atoms with E-state index in [0.29, 0.717) is 17.9 Å². The molecule has 160 valence electrons. The van der Waals surface area contributed by atoms with Gasteiger partial charge in [0.05, 0.1) is 12.2 Å². The van der Waals surface area contributed by atoms with Gasteiger partial charge in [-0.25, -0.2) is 0 Å². The minimum atomic E-state index is -0.539. The Morgan fingerprint density at radius 1 is 1.31 bits per heavy atom. The van der Waals surface area contributed by atoms with Crippen molar-refractivity contribution in [2.24, 2.45) is 39.9 Å². The van der Waals surface area contributed by atoms with E-state index < -0.39 is 6.10 Å². The van der Waals surface area contributed by atoms with E-state index in [1.165, 1.54) is 6.92 Å². The minimum absolute atomic E-state index is 0.0583. The molecule has 1 aliphatic heterocycles. The molecule has 7 bridgehead atoms. The van der Waals surface area contributed by atoms with Crippen molar-refractivity contribution in [3.8, 4) is 0 Å². The second-order valence-corrected chi connectivity index (χ2v) is 11.4. The van der Waals surface area contributed by atoms with Crippen molar-refractivity contribution in [1.29, 1.82) is 0 Å². The summed E-state index contributed by atoms with van der Waals surface area (Å²) in [5.41, 5.74) is 0.724. The van der Waals surface area contributed by atoms with E-state index in [2.05, 4.69) is 25.3 Å². The topological polar surface area (TPSA) is 70.0 Å². The lowest BCUT2D eigenvalue weighted by atomic mass is 9.43. The monoisotopic (exact) mass is 401 g/mol. The minimum Gasteiger partial charge on any atom is -0.462 e. The van der Waals surface area contributed by atoms with Crippen LogP contribution in [0.1, 0.15) is 52.9 Å². The molecule has 1 heterocycles. The second-order valence-electron chi connectivity index (χ2n) is 11.4. The molecular weight excluding hydrogens is 366 g/mol. The normalized spacial score (nSPS) is 59.7. The van der Waals surface area contributed by atoms with Crippen molar-refractivity contribution in [3.05, 3.63) is 12.2 Å². The summed E-state index contributed by atoms with van der Waals surface area (Å²) in [4.78, 5) is 14.5. The molecule has 0 radical (unpaired) electrons. The van der Waals surface area contributed by atoms with Crippen molar-refractivity contribution in [1.82, 2.24) is 4.90 Å². The van der Waals surface area contributed by atoms with Crippen LogP contribution in [0.4, 0.5) is 0 Å². The van der Waals surface area contributed by atoms with E-state index in [1.54, 1.807) is 0 Å². The van der Waals surface area contributed by atoms with Crippen LogP contribution in [0.15, 0.2) is 12.2 Å². The first-order chi connectivity index (χ1) is 13.7. The average molecular weight is 402 g/mol. The number of aliphatic hydroxyl groups excluding tert-OH is 2. The summed E-state index contributed by atoms with van der Waals surface area (Å²) in [6.45, 7) is 12.6. The van der Waals surface area contributed by atoms with Gasteiger partial charge in [-0.05, 0) is 67.4 Å². The maximum Gasteiger partial charge on any atom is 0.302 e. The molecule has 2 N–H and O–H groups in total. The quantitative estimate of drug-likeness (QED) is 0.549. The molecular formula is C24H35NO4. The summed E-state index contributed by atoms with van der Waals surface area (Å²) in [7, 11) is 0. The molecule has 5 saturated carbocycles. The van der Waals surface area contributed by atoms with E-state index in [1.807, 2.05) is 0 Å². The average Bonchev–Trinajstić information content (AvgIpc) is 3.19. The Labute approximate surface area is 173 Å². The maximum absolute atomic E-state index is 11.9. The molecule has 0 aromatic carbocycles. The number of carbonyl (C=O) groups is 1. The molecule has 11 atom stereocenters. The molecule has 6 aliphatic rings. The smallest absolute Gasteiger partial charge is 0.302 e. The van der Waals surface area contributed by atoms with Crippen LogP contribution in [-0.4, -0.2) is 58.5 Å². The summed E-state index contributed by atoms with van der Waals surface area (Å²) in [5.74, 6) is 0.914. The van der Waals surface area contributed by atoms with Gasteiger partial charge in [0.2, 0.25) is 0 Å². The molecule has 1 unspecified atom stereocenters. The van der Waals surface area contributed by atoms with E-state index in [0.717, 1.165) is 50.8 Å². The number of esters is 1. The molecule has 6 rings (SSSR count). The highest BCUT2D eigenvalue weighted by atomic mass is 16.5. The number of fused-ring (bicyclic) bond motifs is 1. The van der Waals surface area contributed by atoms with Gasteiger partial charge < -0.3 is 14.9 Å². The van der Waals surface area contributed by atoms with Gasteiger partial charge >= 0.3 is 5.97 Å². The van der Waals surface area contributed by atoms with E-state index >= 15 is 0 Å². The predicted octanol–water partition coefficient (Wildman–Crippen LogP) is 2.36. The lowest BCUT2D eigenvalue weighted by Crippen LogP contribution is -2.68. The van der Waals surface area contributed by atoms with E-state index in [4.69, 9.17) is 4.74 Å². The van der Waals surface area contributed by atoms with Gasteiger partial charge in [-0.3, -0.25) is 9.69 Å². The highest BCUT2D eigenvalue weighted by molar-refractivity contribution is 5.66. The Balaban J connectivity index is 1.55. The Bertz CT molecular complexity index is 798. The number of nitrogens with zero attached hydrogens (tertiary/aromatic N) is 1. The molecule has 0 aromatic heterocycles. The fourth-order valence-electron chi connectivity index (χ4n) is 10.3. The molecule has 29 heavy (non-hydrogen) atoms. The van der Waals surface area contributed by atoms with Crippen LogP contribution >= 0.6 is 0 Å². The lowest BCUT2D eigenvalue weighted by molar-refractivity contribution is -0.220. The van der Waals surface area contributed by atoms with Gasteiger partial charge in [-0.1, -0.05) is 20.4 Å². The highest BCUT2D eigenvalue weighted by Crippen LogP contribution is 2.83. The SMILES string of the molecule is C=C1[C@H]2C[C@@]3([C@@H]1O)[C@@H](C[C@H]2OC(C)=O)[C@@]12C4[C@@H]3C[C@@H]1[C@@](C)(CC[C@@H]2O)CN4CC. The first kappa shape index (κ1) is 18.8. The van der Waals surface area contributed by atoms with Gasteiger partial charge in [0.15, 0.2) is 0 Å². The Morgan fingerprint density at radius 2 is 2.07 bits per heavy atom. The van der Waals surface area contributed by atoms with Crippen LogP contribution in [0.25, 0.3) is 0 Å². The van der Waals surface area contributed by atoms with Crippen LogP contribution < -0.4 is 0 Å². The van der Waals surface area contributed by atoms with Gasteiger partial charge in [-0.2, -0.15) is 0 Å².